The quantitative estimate of drug-likeness (QED) is 0.753. The van der Waals surface area contributed by atoms with Gasteiger partial charge in [0.2, 0.25) is 0 Å². The van der Waals surface area contributed by atoms with Gasteiger partial charge in [-0.3, -0.25) is 9.69 Å². The van der Waals surface area contributed by atoms with Crippen molar-refractivity contribution in [3.63, 3.8) is 0 Å². The monoisotopic (exact) mass is 286 g/mol. The van der Waals surface area contributed by atoms with Crippen molar-refractivity contribution in [2.45, 2.75) is 39.8 Å². The Kier molecular flexibility index (Phi) is 6.97. The normalized spacial score (nSPS) is 11.2. The molecule has 1 aromatic heterocycles. The average molecular weight is 286 g/mol. The third-order valence-corrected chi connectivity index (χ3v) is 4.06. The summed E-state index contributed by atoms with van der Waals surface area (Å²) in [5, 5.41) is 9.81. The molecule has 0 atom stereocenters. The van der Waals surface area contributed by atoms with Crippen molar-refractivity contribution in [1.29, 1.82) is 0 Å². The van der Waals surface area contributed by atoms with Gasteiger partial charge in [0, 0.05) is 12.0 Å². The Hall–Kier alpha value is -0.980. The zero-order chi connectivity index (χ0) is 14.3. The van der Waals surface area contributed by atoms with E-state index in [2.05, 4.69) is 23.7 Å². The van der Waals surface area contributed by atoms with Crippen LogP contribution in [0.4, 0.5) is 0 Å². The highest BCUT2D eigenvalue weighted by atomic mass is 32.1. The second-order valence-corrected chi connectivity index (χ2v) is 5.43. The van der Waals surface area contributed by atoms with Crippen LogP contribution in [0.5, 0.6) is 0 Å². The Bertz CT molecular complexity index is 403. The van der Waals surface area contributed by atoms with Crippen molar-refractivity contribution in [2.24, 2.45) is 0 Å². The number of rotatable bonds is 9. The van der Waals surface area contributed by atoms with E-state index in [0.29, 0.717) is 13.0 Å². The molecule has 0 aliphatic rings. The zero-order valence-corrected chi connectivity index (χ0v) is 12.6. The van der Waals surface area contributed by atoms with E-state index in [-0.39, 0.29) is 6.42 Å². The molecule has 19 heavy (non-hydrogen) atoms. The average Bonchev–Trinajstić information content (AvgIpc) is 2.76. The topological polar surface area (TPSA) is 62.7 Å². The number of carbonyl (C=O) groups is 1. The summed E-state index contributed by atoms with van der Waals surface area (Å²) in [7, 11) is 1.63. The number of aryl methyl sites for hydroxylation is 1. The van der Waals surface area contributed by atoms with Crippen LogP contribution in [-0.4, -0.2) is 41.2 Å². The van der Waals surface area contributed by atoms with E-state index in [1.807, 2.05) is 0 Å². The SMILES string of the molecule is CCN(CC)Cc1nc(COC)c(CCC(=O)O)s1. The number of carboxylic acids is 1. The van der Waals surface area contributed by atoms with Gasteiger partial charge in [0.05, 0.1) is 25.3 Å². The summed E-state index contributed by atoms with van der Waals surface area (Å²) in [6.07, 6.45) is 0.674. The first kappa shape index (κ1) is 16.1. The van der Waals surface area contributed by atoms with Gasteiger partial charge in [-0.05, 0) is 19.5 Å². The van der Waals surface area contributed by atoms with Crippen LogP contribution in [0.15, 0.2) is 0 Å². The first-order valence-electron chi connectivity index (χ1n) is 6.51. The standard InChI is InChI=1S/C13H22N2O3S/c1-4-15(5-2)8-12-14-10(9-18-3)11(19-12)6-7-13(16)17/h4-9H2,1-3H3,(H,16,17). The lowest BCUT2D eigenvalue weighted by molar-refractivity contribution is -0.136. The zero-order valence-electron chi connectivity index (χ0n) is 11.8. The Morgan fingerprint density at radius 1 is 1.42 bits per heavy atom. The van der Waals surface area contributed by atoms with Crippen LogP contribution in [0.25, 0.3) is 0 Å². The van der Waals surface area contributed by atoms with Crippen LogP contribution in [0.1, 0.15) is 35.8 Å². The van der Waals surface area contributed by atoms with Crippen molar-refractivity contribution >= 4 is 17.3 Å². The maximum atomic E-state index is 10.7. The van der Waals surface area contributed by atoms with Crippen LogP contribution < -0.4 is 0 Å². The maximum absolute atomic E-state index is 10.7. The van der Waals surface area contributed by atoms with E-state index in [4.69, 9.17) is 9.84 Å². The van der Waals surface area contributed by atoms with Crippen LogP contribution in [0.3, 0.4) is 0 Å². The molecule has 0 saturated heterocycles. The number of hydrogen-bond donors (Lipinski definition) is 1. The fourth-order valence-electron chi connectivity index (χ4n) is 1.81. The number of carboxylic acid groups (broad SMARTS) is 1. The molecule has 1 heterocycles. The largest absolute Gasteiger partial charge is 0.481 e. The molecule has 0 amide bonds. The highest BCUT2D eigenvalue weighted by Crippen LogP contribution is 2.22. The second-order valence-electron chi connectivity index (χ2n) is 4.27. The maximum Gasteiger partial charge on any atom is 0.303 e. The summed E-state index contributed by atoms with van der Waals surface area (Å²) in [4.78, 5) is 18.6. The van der Waals surface area contributed by atoms with Gasteiger partial charge in [0.15, 0.2) is 0 Å². The van der Waals surface area contributed by atoms with Gasteiger partial charge in [0.25, 0.3) is 0 Å². The van der Waals surface area contributed by atoms with E-state index in [1.54, 1.807) is 18.4 Å². The van der Waals surface area contributed by atoms with E-state index >= 15 is 0 Å². The van der Waals surface area contributed by atoms with Crippen LogP contribution in [-0.2, 0) is 29.1 Å². The van der Waals surface area contributed by atoms with Gasteiger partial charge < -0.3 is 9.84 Å². The summed E-state index contributed by atoms with van der Waals surface area (Å²) in [5.74, 6) is -0.776. The molecule has 0 bridgehead atoms. The lowest BCUT2D eigenvalue weighted by Crippen LogP contribution is -2.21. The summed E-state index contributed by atoms with van der Waals surface area (Å²) < 4.78 is 5.13. The van der Waals surface area contributed by atoms with Crippen molar-refractivity contribution in [3.8, 4) is 0 Å². The first-order valence-corrected chi connectivity index (χ1v) is 7.32. The summed E-state index contributed by atoms with van der Waals surface area (Å²) >= 11 is 1.60. The highest BCUT2D eigenvalue weighted by molar-refractivity contribution is 7.11. The predicted octanol–water partition coefficient (Wildman–Crippen LogP) is 2.15. The molecule has 0 radical (unpaired) electrons. The first-order chi connectivity index (χ1) is 9.10. The summed E-state index contributed by atoms with van der Waals surface area (Å²) in [5.41, 5.74) is 0.885. The smallest absolute Gasteiger partial charge is 0.303 e. The third-order valence-electron chi connectivity index (χ3n) is 2.92. The second kappa shape index (κ2) is 8.24. The van der Waals surface area contributed by atoms with Gasteiger partial charge in [-0.1, -0.05) is 13.8 Å². The fraction of sp³-hybridized carbons (Fsp3) is 0.692. The third kappa shape index (κ3) is 5.26. The summed E-state index contributed by atoms with van der Waals surface area (Å²) in [6.45, 7) is 7.49. The number of methoxy groups -OCH3 is 1. The molecule has 0 saturated carbocycles. The molecule has 0 aliphatic carbocycles. The number of aromatic nitrogens is 1. The molecule has 5 nitrogen and oxygen atoms in total. The fourth-order valence-corrected chi connectivity index (χ4v) is 2.92. The van der Waals surface area contributed by atoms with E-state index in [1.165, 1.54) is 0 Å². The molecular formula is C13H22N2O3S. The number of ether oxygens (including phenoxy) is 1. The minimum Gasteiger partial charge on any atom is -0.481 e. The van der Waals surface area contributed by atoms with Gasteiger partial charge in [-0.2, -0.15) is 0 Å². The molecule has 0 fully saturated rings. The van der Waals surface area contributed by atoms with Gasteiger partial charge >= 0.3 is 5.97 Å². The molecular weight excluding hydrogens is 264 g/mol. The molecule has 0 aliphatic heterocycles. The number of aliphatic carboxylic acids is 1. The highest BCUT2D eigenvalue weighted by Gasteiger charge is 2.13. The van der Waals surface area contributed by atoms with Gasteiger partial charge in [-0.25, -0.2) is 4.98 Å². The number of hydrogen-bond acceptors (Lipinski definition) is 5. The molecule has 1 aromatic rings. The van der Waals surface area contributed by atoms with Gasteiger partial charge in [0.1, 0.15) is 5.01 Å². The Morgan fingerprint density at radius 3 is 2.63 bits per heavy atom. The van der Waals surface area contributed by atoms with Crippen LogP contribution in [0.2, 0.25) is 0 Å². The molecule has 0 aromatic carbocycles. The molecule has 1 rings (SSSR count). The Balaban J connectivity index is 2.77. The number of thiazole rings is 1. The van der Waals surface area contributed by atoms with Crippen molar-refractivity contribution < 1.29 is 14.6 Å². The molecule has 6 heteroatoms. The molecule has 1 N–H and O–H groups in total. The lowest BCUT2D eigenvalue weighted by Gasteiger charge is -2.15. The van der Waals surface area contributed by atoms with Gasteiger partial charge in [-0.15, -0.1) is 11.3 Å². The van der Waals surface area contributed by atoms with Crippen molar-refractivity contribution in [2.75, 3.05) is 20.2 Å². The molecule has 0 spiro atoms. The van der Waals surface area contributed by atoms with E-state index < -0.39 is 5.97 Å². The minimum absolute atomic E-state index is 0.142. The van der Waals surface area contributed by atoms with Crippen molar-refractivity contribution in [1.82, 2.24) is 9.88 Å². The Morgan fingerprint density at radius 2 is 2.11 bits per heavy atom. The van der Waals surface area contributed by atoms with E-state index in [0.717, 1.165) is 35.2 Å². The number of nitrogens with zero attached hydrogens (tertiary/aromatic N) is 2. The summed E-state index contributed by atoms with van der Waals surface area (Å²) in [6, 6.07) is 0. The van der Waals surface area contributed by atoms with Crippen LogP contribution in [0, 0.1) is 0 Å². The Labute approximate surface area is 118 Å². The molecule has 0 unspecified atom stereocenters. The predicted molar refractivity (Wildman–Crippen MR) is 75.4 cm³/mol. The molecule has 108 valence electrons. The van der Waals surface area contributed by atoms with Crippen molar-refractivity contribution in [3.05, 3.63) is 15.6 Å². The minimum atomic E-state index is -0.776. The lowest BCUT2D eigenvalue weighted by atomic mass is 10.2. The van der Waals surface area contributed by atoms with E-state index in [9.17, 15) is 4.79 Å². The van der Waals surface area contributed by atoms with Crippen LogP contribution >= 0.6 is 11.3 Å².